The van der Waals surface area contributed by atoms with Crippen LogP contribution in [0.3, 0.4) is 0 Å². The van der Waals surface area contributed by atoms with Crippen LogP contribution in [0.25, 0.3) is 22.3 Å². The van der Waals surface area contributed by atoms with E-state index in [0.29, 0.717) is 27.9 Å². The fraction of sp³-hybridized carbons (Fsp3) is 0.192. The van der Waals surface area contributed by atoms with Gasteiger partial charge in [-0.2, -0.15) is 0 Å². The number of esters is 1. The van der Waals surface area contributed by atoms with Crippen molar-refractivity contribution >= 4 is 28.2 Å². The molecule has 0 fully saturated rings. The minimum atomic E-state index is -1.81. The molecule has 0 bridgehead atoms. The molecule has 2 aliphatic heterocycles. The van der Waals surface area contributed by atoms with E-state index in [9.17, 15) is 29.8 Å². The van der Waals surface area contributed by atoms with E-state index in [4.69, 9.17) is 9.47 Å². The van der Waals surface area contributed by atoms with Gasteiger partial charge in [-0.3, -0.25) is 25.0 Å². The van der Waals surface area contributed by atoms with Crippen LogP contribution in [0.1, 0.15) is 30.0 Å². The normalized spacial score (nSPS) is 17.3. The number of pyridine rings is 2. The highest BCUT2D eigenvalue weighted by Crippen LogP contribution is 2.43. The molecule has 0 saturated carbocycles. The molecule has 0 N–H and O–H groups in total. The van der Waals surface area contributed by atoms with Gasteiger partial charge in [-0.1, -0.05) is 25.1 Å². The smallest absolute Gasteiger partial charge is 0.355 e. The molecular weight excluding hydrogens is 496 g/mol. The van der Waals surface area contributed by atoms with E-state index in [2.05, 4.69) is 4.98 Å². The van der Waals surface area contributed by atoms with Gasteiger partial charge in [-0.05, 0) is 30.7 Å². The van der Waals surface area contributed by atoms with E-state index < -0.39 is 27.0 Å². The Labute approximate surface area is 213 Å². The maximum Gasteiger partial charge on any atom is 0.355 e. The van der Waals surface area contributed by atoms with Crippen LogP contribution in [0.15, 0.2) is 59.4 Å². The summed E-state index contributed by atoms with van der Waals surface area (Å²) in [5, 5.41) is 23.5. The topological polar surface area (TPSA) is 157 Å². The Hall–Kier alpha value is -5.13. The van der Waals surface area contributed by atoms with E-state index in [1.54, 1.807) is 31.2 Å². The first-order valence-electron chi connectivity index (χ1n) is 11.7. The lowest BCUT2D eigenvalue weighted by Crippen LogP contribution is -2.48. The molecule has 1 atom stereocenters. The van der Waals surface area contributed by atoms with E-state index in [0.717, 1.165) is 0 Å². The zero-order valence-electron chi connectivity index (χ0n) is 19.9. The fourth-order valence-electron chi connectivity index (χ4n) is 5.19. The number of non-ortho nitro benzene ring substituents is 1. The SMILES string of the molecule is CC[C@@]1(Oc2ccccc2[N+](=O)[O-])C(=O)OCc2c1cc1n(c2=O)Cc2cc3c([N+](=O)[O-])cccc3nc2-1. The van der Waals surface area contributed by atoms with Crippen LogP contribution < -0.4 is 10.3 Å². The van der Waals surface area contributed by atoms with Crippen LogP contribution in [0.5, 0.6) is 5.75 Å². The van der Waals surface area contributed by atoms with Crippen molar-refractivity contribution < 1.29 is 24.1 Å². The highest BCUT2D eigenvalue weighted by Gasteiger charge is 2.50. The predicted octanol–water partition coefficient (Wildman–Crippen LogP) is 3.98. The van der Waals surface area contributed by atoms with E-state index in [1.165, 1.54) is 34.9 Å². The molecule has 0 aliphatic carbocycles. The number of benzene rings is 2. The second-order valence-electron chi connectivity index (χ2n) is 8.99. The third-order valence-corrected chi connectivity index (χ3v) is 7.04. The number of cyclic esters (lactones) is 1. The van der Waals surface area contributed by atoms with Gasteiger partial charge in [0.2, 0.25) is 5.60 Å². The third kappa shape index (κ3) is 3.19. The van der Waals surface area contributed by atoms with Crippen LogP contribution in [0, 0.1) is 20.2 Å². The molecule has 2 aromatic heterocycles. The van der Waals surface area contributed by atoms with Gasteiger partial charge in [0, 0.05) is 23.3 Å². The monoisotopic (exact) mass is 514 g/mol. The summed E-state index contributed by atoms with van der Waals surface area (Å²) in [7, 11) is 0. The Balaban J connectivity index is 1.57. The highest BCUT2D eigenvalue weighted by molar-refractivity contribution is 5.91. The highest BCUT2D eigenvalue weighted by atomic mass is 16.6. The third-order valence-electron chi connectivity index (χ3n) is 7.04. The number of aromatic nitrogens is 2. The predicted molar refractivity (Wildman–Crippen MR) is 133 cm³/mol. The number of nitro groups is 2. The van der Waals surface area contributed by atoms with Gasteiger partial charge in [0.1, 0.15) is 6.61 Å². The molecule has 0 spiro atoms. The molecule has 0 saturated heterocycles. The quantitative estimate of drug-likeness (QED) is 0.192. The molecule has 0 radical (unpaired) electrons. The Morgan fingerprint density at radius 3 is 2.53 bits per heavy atom. The minimum Gasteiger partial charge on any atom is -0.464 e. The summed E-state index contributed by atoms with van der Waals surface area (Å²) in [6.45, 7) is 1.51. The summed E-state index contributed by atoms with van der Waals surface area (Å²) in [5.74, 6) is -0.906. The molecular formula is C26H18N4O8. The second-order valence-corrected chi connectivity index (χ2v) is 8.99. The summed E-state index contributed by atoms with van der Waals surface area (Å²) in [4.78, 5) is 53.6. The maximum absolute atomic E-state index is 13.7. The summed E-state index contributed by atoms with van der Waals surface area (Å²) in [6, 6.07) is 13.5. The van der Waals surface area contributed by atoms with Crippen molar-refractivity contribution in [2.75, 3.05) is 0 Å². The van der Waals surface area contributed by atoms with Crippen molar-refractivity contribution in [3.8, 4) is 17.1 Å². The first-order valence-corrected chi connectivity index (χ1v) is 11.7. The number of hydrogen-bond donors (Lipinski definition) is 0. The maximum atomic E-state index is 13.7. The molecule has 2 aliphatic rings. The van der Waals surface area contributed by atoms with Crippen LogP contribution in [-0.2, 0) is 28.3 Å². The molecule has 12 nitrogen and oxygen atoms in total. The summed E-state index contributed by atoms with van der Waals surface area (Å²) in [6.07, 6.45) is 0.0258. The van der Waals surface area contributed by atoms with Crippen molar-refractivity contribution in [3.63, 3.8) is 0 Å². The number of rotatable bonds is 5. The minimum absolute atomic E-state index is 0.0258. The number of fused-ring (bicyclic) bond motifs is 5. The zero-order chi connectivity index (χ0) is 26.8. The first-order chi connectivity index (χ1) is 18.2. The number of hydrogen-bond acceptors (Lipinski definition) is 9. The summed E-state index contributed by atoms with van der Waals surface area (Å²) >= 11 is 0. The number of para-hydroxylation sites is 2. The number of carbonyl (C=O) groups excluding carboxylic acids is 1. The molecule has 38 heavy (non-hydrogen) atoms. The van der Waals surface area contributed by atoms with Gasteiger partial charge in [0.25, 0.3) is 11.2 Å². The van der Waals surface area contributed by atoms with Gasteiger partial charge >= 0.3 is 11.7 Å². The van der Waals surface area contributed by atoms with E-state index in [-0.39, 0.29) is 47.8 Å². The molecule has 6 rings (SSSR count). The Kier molecular flexibility index (Phi) is 5.02. The molecule has 12 heteroatoms. The van der Waals surface area contributed by atoms with Crippen molar-refractivity contribution in [2.45, 2.75) is 32.1 Å². The largest absolute Gasteiger partial charge is 0.464 e. The van der Waals surface area contributed by atoms with Gasteiger partial charge in [-0.25, -0.2) is 9.78 Å². The molecule has 0 amide bonds. The van der Waals surface area contributed by atoms with Gasteiger partial charge < -0.3 is 14.0 Å². The van der Waals surface area contributed by atoms with Gasteiger partial charge in [0.15, 0.2) is 5.75 Å². The molecule has 4 heterocycles. The lowest BCUT2D eigenvalue weighted by atomic mass is 9.85. The van der Waals surface area contributed by atoms with Crippen molar-refractivity contribution in [1.29, 1.82) is 0 Å². The fourth-order valence-corrected chi connectivity index (χ4v) is 5.19. The van der Waals surface area contributed by atoms with Crippen molar-refractivity contribution in [2.24, 2.45) is 0 Å². The molecule has 4 aromatic rings. The summed E-state index contributed by atoms with van der Waals surface area (Å²) < 4.78 is 12.9. The number of ether oxygens (including phenoxy) is 2. The van der Waals surface area contributed by atoms with Crippen molar-refractivity contribution in [1.82, 2.24) is 9.55 Å². The first kappa shape index (κ1) is 23.3. The van der Waals surface area contributed by atoms with Gasteiger partial charge in [0.05, 0.1) is 44.2 Å². The lowest BCUT2D eigenvalue weighted by Gasteiger charge is -2.36. The lowest BCUT2D eigenvalue weighted by molar-refractivity contribution is -0.386. The standard InChI is InChI=1S/C26H18N4O8/c1-2-26(38-22-9-4-3-7-20(22)30(35)36)17-11-21-23-14(12-28(21)24(31)16(17)13-37-25(26)32)10-15-18(27-23)6-5-8-19(15)29(33)34/h3-11H,2,12-13H2,1H3/t26-/m0/s1. The molecule has 0 unspecified atom stereocenters. The van der Waals surface area contributed by atoms with E-state index in [1.807, 2.05) is 0 Å². The second kappa shape index (κ2) is 8.20. The van der Waals surface area contributed by atoms with Crippen molar-refractivity contribution in [3.05, 3.63) is 102 Å². The van der Waals surface area contributed by atoms with E-state index >= 15 is 0 Å². The summed E-state index contributed by atoms with van der Waals surface area (Å²) in [5.41, 5.74) is -0.368. The van der Waals surface area contributed by atoms with Crippen LogP contribution in [0.4, 0.5) is 11.4 Å². The van der Waals surface area contributed by atoms with Crippen LogP contribution in [0.2, 0.25) is 0 Å². The molecule has 2 aromatic carbocycles. The number of carbonyl (C=O) groups is 1. The Bertz CT molecular complexity index is 1780. The van der Waals surface area contributed by atoms with Gasteiger partial charge in [-0.15, -0.1) is 0 Å². The zero-order valence-corrected chi connectivity index (χ0v) is 19.9. The number of nitrogens with zero attached hydrogens (tertiary/aromatic N) is 4. The molecule has 190 valence electrons. The van der Waals surface area contributed by atoms with Crippen LogP contribution >= 0.6 is 0 Å². The Morgan fingerprint density at radius 2 is 1.79 bits per heavy atom. The van der Waals surface area contributed by atoms with Crippen LogP contribution in [-0.4, -0.2) is 25.4 Å². The number of nitro benzene ring substituents is 2. The average Bonchev–Trinajstić information content (AvgIpc) is 3.26. The average molecular weight is 514 g/mol. The Morgan fingerprint density at radius 1 is 1.05 bits per heavy atom.